The second kappa shape index (κ2) is 5.87. The highest BCUT2D eigenvalue weighted by molar-refractivity contribution is 5.53. The molecule has 1 aromatic carbocycles. The van der Waals surface area contributed by atoms with E-state index in [0.717, 1.165) is 0 Å². The van der Waals surface area contributed by atoms with Crippen LogP contribution in [0.15, 0.2) is 36.9 Å². The first-order chi connectivity index (χ1) is 7.69. The van der Waals surface area contributed by atoms with E-state index >= 15 is 0 Å². The summed E-state index contributed by atoms with van der Waals surface area (Å²) in [6, 6.07) is 6.32. The number of hydrogen-bond acceptors (Lipinski definition) is 4. The fraction of sp³-hybridized carbons (Fsp3) is 0.273. The largest absolute Gasteiger partial charge is 0.395 e. The van der Waals surface area contributed by atoms with Crippen LogP contribution in [-0.2, 0) is 0 Å². The summed E-state index contributed by atoms with van der Waals surface area (Å²) in [6.45, 7) is 4.57. The quantitative estimate of drug-likeness (QED) is 0.451. The molecular weight excluding hydrogens is 208 g/mol. The van der Waals surface area contributed by atoms with E-state index in [1.165, 1.54) is 12.1 Å². The van der Waals surface area contributed by atoms with Crippen molar-refractivity contribution in [1.29, 1.82) is 0 Å². The van der Waals surface area contributed by atoms with Crippen LogP contribution in [0.5, 0.6) is 0 Å². The van der Waals surface area contributed by atoms with Crippen LogP contribution in [0.3, 0.4) is 0 Å². The minimum absolute atomic E-state index is 0.00344. The molecule has 0 bridgehead atoms. The van der Waals surface area contributed by atoms with Gasteiger partial charge in [0.2, 0.25) is 0 Å². The zero-order chi connectivity index (χ0) is 12.0. The Morgan fingerprint density at radius 3 is 2.88 bits per heavy atom. The van der Waals surface area contributed by atoms with E-state index in [9.17, 15) is 10.1 Å². The van der Waals surface area contributed by atoms with Gasteiger partial charge in [0.25, 0.3) is 5.69 Å². The van der Waals surface area contributed by atoms with Crippen LogP contribution in [-0.4, -0.2) is 29.7 Å². The van der Waals surface area contributed by atoms with Crippen LogP contribution in [0.4, 0.5) is 11.4 Å². The van der Waals surface area contributed by atoms with Crippen LogP contribution >= 0.6 is 0 Å². The Morgan fingerprint density at radius 1 is 1.56 bits per heavy atom. The molecule has 0 spiro atoms. The van der Waals surface area contributed by atoms with Gasteiger partial charge < -0.3 is 10.0 Å². The number of aliphatic hydroxyl groups excluding tert-OH is 1. The van der Waals surface area contributed by atoms with E-state index in [-0.39, 0.29) is 12.3 Å². The number of benzene rings is 1. The van der Waals surface area contributed by atoms with Crippen molar-refractivity contribution in [3.63, 3.8) is 0 Å². The number of non-ortho nitro benzene ring substituents is 1. The molecule has 5 heteroatoms. The molecule has 0 radical (unpaired) electrons. The summed E-state index contributed by atoms with van der Waals surface area (Å²) in [5.41, 5.74) is 0.757. The van der Waals surface area contributed by atoms with Gasteiger partial charge in [0.1, 0.15) is 0 Å². The lowest BCUT2D eigenvalue weighted by Gasteiger charge is -2.21. The number of aliphatic hydroxyl groups is 1. The molecule has 5 nitrogen and oxygen atoms in total. The van der Waals surface area contributed by atoms with Gasteiger partial charge in [0, 0.05) is 30.9 Å². The third kappa shape index (κ3) is 3.06. The molecule has 0 atom stereocenters. The summed E-state index contributed by atoms with van der Waals surface area (Å²) < 4.78 is 0. The van der Waals surface area contributed by atoms with Crippen molar-refractivity contribution in [1.82, 2.24) is 0 Å². The smallest absolute Gasteiger partial charge is 0.271 e. The number of nitro groups is 1. The molecule has 0 aliphatic carbocycles. The maximum absolute atomic E-state index is 10.6. The molecule has 86 valence electrons. The van der Waals surface area contributed by atoms with E-state index in [0.29, 0.717) is 18.8 Å². The van der Waals surface area contributed by atoms with Crippen LogP contribution < -0.4 is 4.90 Å². The van der Waals surface area contributed by atoms with Crippen molar-refractivity contribution in [3.8, 4) is 0 Å². The van der Waals surface area contributed by atoms with Crippen molar-refractivity contribution in [2.24, 2.45) is 0 Å². The maximum atomic E-state index is 10.6. The third-order valence-electron chi connectivity index (χ3n) is 2.13. The molecule has 0 unspecified atom stereocenters. The lowest BCUT2D eigenvalue weighted by molar-refractivity contribution is -0.384. The molecule has 0 amide bonds. The molecule has 1 aromatic rings. The summed E-state index contributed by atoms with van der Waals surface area (Å²) >= 11 is 0. The normalized spacial score (nSPS) is 9.81. The minimum atomic E-state index is -0.436. The molecule has 1 rings (SSSR count). The lowest BCUT2D eigenvalue weighted by Crippen LogP contribution is -2.26. The van der Waals surface area contributed by atoms with Crippen LogP contribution in [0.1, 0.15) is 0 Å². The summed E-state index contributed by atoms with van der Waals surface area (Å²) in [5, 5.41) is 19.5. The van der Waals surface area contributed by atoms with Gasteiger partial charge in [-0.3, -0.25) is 10.1 Å². The van der Waals surface area contributed by atoms with Crippen molar-refractivity contribution in [2.75, 3.05) is 24.6 Å². The average Bonchev–Trinajstić information content (AvgIpc) is 2.29. The standard InChI is InChI=1S/C11H14N2O3/c1-2-6-12(7-8-14)10-4-3-5-11(9-10)13(15)16/h2-5,9,14H,1,6-8H2. The first kappa shape index (κ1) is 12.2. The summed E-state index contributed by atoms with van der Waals surface area (Å²) in [5.74, 6) is 0. The second-order valence-corrected chi connectivity index (χ2v) is 3.24. The van der Waals surface area contributed by atoms with Crippen molar-refractivity contribution >= 4 is 11.4 Å². The summed E-state index contributed by atoms with van der Waals surface area (Å²) in [6.07, 6.45) is 1.69. The Bertz CT molecular complexity index is 379. The first-order valence-electron chi connectivity index (χ1n) is 4.90. The fourth-order valence-electron chi connectivity index (χ4n) is 1.41. The van der Waals surface area contributed by atoms with Gasteiger partial charge in [-0.05, 0) is 6.07 Å². The van der Waals surface area contributed by atoms with Crippen LogP contribution in [0, 0.1) is 10.1 Å². The predicted molar refractivity (Wildman–Crippen MR) is 62.6 cm³/mol. The Morgan fingerprint density at radius 2 is 2.31 bits per heavy atom. The molecular formula is C11H14N2O3. The van der Waals surface area contributed by atoms with E-state index in [2.05, 4.69) is 6.58 Å². The van der Waals surface area contributed by atoms with Crippen molar-refractivity contribution in [3.05, 3.63) is 47.0 Å². The fourth-order valence-corrected chi connectivity index (χ4v) is 1.41. The Kier molecular flexibility index (Phi) is 4.47. The molecule has 0 saturated heterocycles. The highest BCUT2D eigenvalue weighted by Crippen LogP contribution is 2.20. The molecule has 0 aliphatic heterocycles. The van der Waals surface area contributed by atoms with Gasteiger partial charge >= 0.3 is 0 Å². The highest BCUT2D eigenvalue weighted by Gasteiger charge is 2.09. The molecule has 0 aliphatic rings. The second-order valence-electron chi connectivity index (χ2n) is 3.24. The van der Waals surface area contributed by atoms with Crippen LogP contribution in [0.25, 0.3) is 0 Å². The molecule has 1 N–H and O–H groups in total. The molecule has 0 heterocycles. The monoisotopic (exact) mass is 222 g/mol. The lowest BCUT2D eigenvalue weighted by atomic mass is 10.2. The summed E-state index contributed by atoms with van der Waals surface area (Å²) in [7, 11) is 0. The highest BCUT2D eigenvalue weighted by atomic mass is 16.6. The molecule has 0 fully saturated rings. The van der Waals surface area contributed by atoms with Gasteiger partial charge in [-0.15, -0.1) is 6.58 Å². The maximum Gasteiger partial charge on any atom is 0.271 e. The topological polar surface area (TPSA) is 66.6 Å². The van der Waals surface area contributed by atoms with E-state index < -0.39 is 4.92 Å². The van der Waals surface area contributed by atoms with E-state index in [4.69, 9.17) is 5.11 Å². The molecule has 0 saturated carbocycles. The van der Waals surface area contributed by atoms with Gasteiger partial charge in [0.15, 0.2) is 0 Å². The number of nitrogens with zero attached hydrogens (tertiary/aromatic N) is 2. The van der Waals surface area contributed by atoms with Gasteiger partial charge in [-0.25, -0.2) is 0 Å². The molecule has 0 aromatic heterocycles. The van der Waals surface area contributed by atoms with Gasteiger partial charge in [0.05, 0.1) is 11.5 Å². The Hall–Kier alpha value is -1.88. The minimum Gasteiger partial charge on any atom is -0.395 e. The zero-order valence-electron chi connectivity index (χ0n) is 8.87. The van der Waals surface area contributed by atoms with Crippen molar-refractivity contribution < 1.29 is 10.0 Å². The number of rotatable bonds is 6. The Balaban J connectivity index is 2.94. The number of anilines is 1. The van der Waals surface area contributed by atoms with Gasteiger partial charge in [-0.2, -0.15) is 0 Å². The third-order valence-corrected chi connectivity index (χ3v) is 2.13. The van der Waals surface area contributed by atoms with E-state index in [1.54, 1.807) is 18.2 Å². The molecule has 16 heavy (non-hydrogen) atoms. The predicted octanol–water partition coefficient (Wildman–Crippen LogP) is 1.58. The van der Waals surface area contributed by atoms with Gasteiger partial charge in [-0.1, -0.05) is 12.1 Å². The van der Waals surface area contributed by atoms with E-state index in [1.807, 2.05) is 4.90 Å². The van der Waals surface area contributed by atoms with Crippen molar-refractivity contribution in [2.45, 2.75) is 0 Å². The van der Waals surface area contributed by atoms with Crippen LogP contribution in [0.2, 0.25) is 0 Å². The average molecular weight is 222 g/mol. The summed E-state index contributed by atoms with van der Waals surface area (Å²) in [4.78, 5) is 12.0. The Labute approximate surface area is 93.8 Å². The number of hydrogen-bond donors (Lipinski definition) is 1. The number of nitro benzene ring substituents is 1. The first-order valence-corrected chi connectivity index (χ1v) is 4.90. The SMILES string of the molecule is C=CCN(CCO)c1cccc([N+](=O)[O-])c1. The zero-order valence-corrected chi connectivity index (χ0v) is 8.87.